The summed E-state index contributed by atoms with van der Waals surface area (Å²) in [5.74, 6) is -3.32. The normalized spacial score (nSPS) is 25.8. The summed E-state index contributed by atoms with van der Waals surface area (Å²) in [6, 6.07) is 6.04. The first-order valence-electron chi connectivity index (χ1n) is 16.6. The van der Waals surface area contributed by atoms with Crippen LogP contribution in [0.3, 0.4) is 0 Å². The van der Waals surface area contributed by atoms with Crippen LogP contribution in [0.15, 0.2) is 49.6 Å². The van der Waals surface area contributed by atoms with Gasteiger partial charge in [0.2, 0.25) is 11.8 Å². The molecule has 46 heavy (non-hydrogen) atoms. The highest BCUT2D eigenvalue weighted by atomic mass is 16.6. The smallest absolute Gasteiger partial charge is 0.312 e. The topological polar surface area (TPSA) is 129 Å². The van der Waals surface area contributed by atoms with Gasteiger partial charge in [0.05, 0.1) is 37.1 Å². The minimum absolute atomic E-state index is 0.128. The Bertz CT molecular complexity index is 1280. The molecule has 11 nitrogen and oxygen atoms in total. The number of hydrogen-bond acceptors (Lipinski definition) is 8. The van der Waals surface area contributed by atoms with Gasteiger partial charge in [0.25, 0.3) is 5.91 Å². The monoisotopic (exact) mass is 638 g/mol. The minimum atomic E-state index is -1.24. The highest BCUT2D eigenvalue weighted by Crippen LogP contribution is 2.59. The molecule has 4 rings (SSSR count). The van der Waals surface area contributed by atoms with Crippen molar-refractivity contribution in [2.24, 2.45) is 11.8 Å². The second-order valence-corrected chi connectivity index (χ2v) is 12.4. The van der Waals surface area contributed by atoms with Crippen molar-refractivity contribution in [3.8, 4) is 0 Å². The molecule has 3 saturated heterocycles. The lowest BCUT2D eigenvalue weighted by atomic mass is 9.70. The van der Waals surface area contributed by atoms with Crippen LogP contribution in [0.1, 0.15) is 59.8 Å². The molecule has 3 fully saturated rings. The van der Waals surface area contributed by atoms with Crippen LogP contribution in [0, 0.1) is 11.8 Å². The quantitative estimate of drug-likeness (QED) is 0.197. The molecule has 0 radical (unpaired) electrons. The summed E-state index contributed by atoms with van der Waals surface area (Å²) in [5, 5.41) is 13.1. The van der Waals surface area contributed by atoms with Gasteiger partial charge in [-0.2, -0.15) is 0 Å². The molecule has 1 aromatic rings. The molecule has 0 unspecified atom stereocenters. The lowest BCUT2D eigenvalue weighted by Crippen LogP contribution is -2.59. The maximum absolute atomic E-state index is 14.7. The second-order valence-electron chi connectivity index (χ2n) is 12.4. The number of anilines is 2. The molecule has 1 spiro atoms. The molecule has 3 aliphatic rings. The van der Waals surface area contributed by atoms with Crippen molar-refractivity contribution < 1.29 is 33.8 Å². The van der Waals surface area contributed by atoms with Gasteiger partial charge in [-0.05, 0) is 70.7 Å². The molecule has 0 aliphatic carbocycles. The van der Waals surface area contributed by atoms with Crippen molar-refractivity contribution in [2.45, 2.75) is 89.7 Å². The van der Waals surface area contributed by atoms with E-state index in [0.29, 0.717) is 37.8 Å². The first-order chi connectivity index (χ1) is 22.1. The van der Waals surface area contributed by atoms with E-state index in [9.17, 15) is 24.3 Å². The summed E-state index contributed by atoms with van der Waals surface area (Å²) >= 11 is 0. The summed E-state index contributed by atoms with van der Waals surface area (Å²) in [6.45, 7) is 16.9. The van der Waals surface area contributed by atoms with E-state index in [4.69, 9.17) is 9.47 Å². The van der Waals surface area contributed by atoms with Crippen molar-refractivity contribution in [2.75, 3.05) is 42.6 Å². The maximum atomic E-state index is 14.7. The van der Waals surface area contributed by atoms with E-state index in [1.54, 1.807) is 24.0 Å². The third-order valence-corrected chi connectivity index (χ3v) is 9.67. The zero-order valence-corrected chi connectivity index (χ0v) is 27.7. The Balaban J connectivity index is 1.64. The molecule has 1 aromatic carbocycles. The zero-order chi connectivity index (χ0) is 33.6. The van der Waals surface area contributed by atoms with Gasteiger partial charge in [-0.1, -0.05) is 19.1 Å². The molecule has 3 heterocycles. The van der Waals surface area contributed by atoms with Crippen LogP contribution < -0.4 is 15.1 Å². The van der Waals surface area contributed by atoms with E-state index in [0.717, 1.165) is 18.8 Å². The number of carbonyl (C=O) groups is 4. The van der Waals surface area contributed by atoms with E-state index >= 15 is 0 Å². The van der Waals surface area contributed by atoms with Crippen molar-refractivity contribution in [1.82, 2.24) is 10.2 Å². The van der Waals surface area contributed by atoms with Crippen LogP contribution in [0.5, 0.6) is 0 Å². The number of nitrogens with zero attached hydrogens (tertiary/aromatic N) is 3. The lowest BCUT2D eigenvalue weighted by Gasteiger charge is -2.39. The third kappa shape index (κ3) is 6.57. The van der Waals surface area contributed by atoms with Crippen molar-refractivity contribution in [1.29, 1.82) is 0 Å². The average molecular weight is 639 g/mol. The van der Waals surface area contributed by atoms with Crippen LogP contribution in [-0.2, 0) is 28.7 Å². The summed E-state index contributed by atoms with van der Waals surface area (Å²) in [6.07, 6.45) is 4.24. The van der Waals surface area contributed by atoms with Crippen molar-refractivity contribution in [3.63, 3.8) is 0 Å². The molecule has 3 aliphatic heterocycles. The van der Waals surface area contributed by atoms with Gasteiger partial charge >= 0.3 is 5.97 Å². The second kappa shape index (κ2) is 15.3. The van der Waals surface area contributed by atoms with Gasteiger partial charge in [-0.3, -0.25) is 19.2 Å². The predicted molar refractivity (Wildman–Crippen MR) is 176 cm³/mol. The minimum Gasteiger partial charge on any atom is -0.460 e. The third-order valence-electron chi connectivity index (χ3n) is 9.67. The summed E-state index contributed by atoms with van der Waals surface area (Å²) in [4.78, 5) is 60.0. The first kappa shape index (κ1) is 35.2. The number of rotatable bonds is 17. The van der Waals surface area contributed by atoms with E-state index in [1.807, 2.05) is 31.2 Å². The Labute approximate surface area is 272 Å². The molecule has 2 bridgehead atoms. The lowest BCUT2D eigenvalue weighted by molar-refractivity contribution is -0.159. The fraction of sp³-hybridized carbons (Fsp3) is 0.600. The van der Waals surface area contributed by atoms with E-state index in [-0.39, 0.29) is 37.4 Å². The highest BCUT2D eigenvalue weighted by molar-refractivity contribution is 6.05. The number of allylic oxidation sites excluding steroid dienone is 1. The maximum Gasteiger partial charge on any atom is 0.312 e. The number of esters is 1. The molecular formula is C35H50N4O7. The number of likely N-dealkylation sites (tertiary alicyclic amines) is 1. The van der Waals surface area contributed by atoms with Crippen LogP contribution in [0.4, 0.5) is 11.4 Å². The number of nitrogens with one attached hydrogen (secondary N) is 1. The molecule has 3 amide bonds. The fourth-order valence-electron chi connectivity index (χ4n) is 7.37. The summed E-state index contributed by atoms with van der Waals surface area (Å²) < 4.78 is 12.3. The first-order valence-corrected chi connectivity index (χ1v) is 16.6. The number of benzene rings is 1. The van der Waals surface area contributed by atoms with Gasteiger partial charge in [0.15, 0.2) is 0 Å². The number of amides is 3. The van der Waals surface area contributed by atoms with Crippen molar-refractivity contribution >= 4 is 35.1 Å². The average Bonchev–Trinajstić information content (AvgIpc) is 3.70. The summed E-state index contributed by atoms with van der Waals surface area (Å²) in [7, 11) is 0. The Morgan fingerprint density at radius 2 is 1.83 bits per heavy atom. The summed E-state index contributed by atoms with van der Waals surface area (Å²) in [5.41, 5.74) is 0.443. The SMILES string of the molecule is C=CCCC(=O)NC[C@@H](C)OC(=O)[C@@H]1[C@H]2C(=O)N([C@@H](CC)CO)[C@H](C(=O)N(CC=C)c3ccc(N(CC)CC)cc3)[C@]23CC[C@H]1O3. The molecule has 7 atom stereocenters. The number of aliphatic hydroxyl groups is 1. The van der Waals surface area contributed by atoms with Crippen LogP contribution in [0.2, 0.25) is 0 Å². The Morgan fingerprint density at radius 1 is 1.15 bits per heavy atom. The van der Waals surface area contributed by atoms with Crippen LogP contribution in [-0.4, -0.2) is 96.4 Å². The fourth-order valence-corrected chi connectivity index (χ4v) is 7.37. The Kier molecular flexibility index (Phi) is 11.7. The number of aliphatic hydroxyl groups excluding tert-OH is 1. The molecule has 0 saturated carbocycles. The Hall–Kier alpha value is -3.70. The van der Waals surface area contributed by atoms with Crippen molar-refractivity contribution in [3.05, 3.63) is 49.6 Å². The van der Waals surface area contributed by atoms with E-state index in [1.165, 1.54) is 4.90 Å². The number of fused-ring (bicyclic) bond motifs is 1. The van der Waals surface area contributed by atoms with Gasteiger partial charge in [0.1, 0.15) is 17.7 Å². The number of carbonyl (C=O) groups excluding carboxylic acids is 4. The largest absolute Gasteiger partial charge is 0.460 e. The zero-order valence-electron chi connectivity index (χ0n) is 27.7. The number of ether oxygens (including phenoxy) is 2. The van der Waals surface area contributed by atoms with E-state index < -0.39 is 47.7 Å². The molecule has 252 valence electrons. The molecule has 2 N–H and O–H groups in total. The molecule has 11 heteroatoms. The molecular weight excluding hydrogens is 588 g/mol. The predicted octanol–water partition coefficient (Wildman–Crippen LogP) is 3.21. The number of hydrogen-bond donors (Lipinski definition) is 2. The van der Waals surface area contributed by atoms with Gasteiger partial charge in [0, 0.05) is 37.4 Å². The van der Waals surface area contributed by atoms with Crippen LogP contribution >= 0.6 is 0 Å². The van der Waals surface area contributed by atoms with Gasteiger partial charge in [-0.15, -0.1) is 13.2 Å². The van der Waals surface area contributed by atoms with E-state index in [2.05, 4.69) is 37.2 Å². The highest BCUT2D eigenvalue weighted by Gasteiger charge is 2.75. The molecule has 0 aromatic heterocycles. The van der Waals surface area contributed by atoms with Gasteiger partial charge < -0.3 is 34.6 Å². The van der Waals surface area contributed by atoms with Crippen LogP contribution in [0.25, 0.3) is 0 Å². The van der Waals surface area contributed by atoms with Gasteiger partial charge in [-0.25, -0.2) is 0 Å². The standard InChI is InChI=1S/C35H50N4O7/c1-7-12-13-28(41)36-21-23(6)45-34(44)29-27-18-19-35(46-27)30(29)32(42)39(24(9-3)22-40)31(35)33(43)38(20-8-2)26-16-14-25(15-17-26)37(10-4)11-5/h7-8,14-17,23-24,27,29-31,40H,1-2,9-13,18-22H2,3-6H3,(H,36,41)/t23-,24+,27-,29+,30+,31-,35+/m1/s1. The Morgan fingerprint density at radius 3 is 2.41 bits per heavy atom.